The Morgan fingerprint density at radius 2 is 1.16 bits per heavy atom. The molecule has 0 aromatic carbocycles. The molecular weight excluding hydrogens is 430 g/mol. The van der Waals surface area contributed by atoms with Gasteiger partial charge in [0.15, 0.2) is 11.6 Å². The SMILES string of the molecule is CC(=O)c1cccc(C(C)=O)n1.CC1=CC=CC(C)C1=N.CC1=CC=CC(C)C1=N.[Fe]. The molecule has 0 radical (unpaired) electrons. The zero-order valence-electron chi connectivity index (χ0n) is 19.0. The Hall–Kier alpha value is -2.69. The van der Waals surface area contributed by atoms with Gasteiger partial charge in [-0.1, -0.05) is 56.4 Å². The molecule has 166 valence electrons. The van der Waals surface area contributed by atoms with Crippen molar-refractivity contribution >= 4 is 23.0 Å². The first-order valence-corrected chi connectivity index (χ1v) is 9.91. The summed E-state index contributed by atoms with van der Waals surface area (Å²) in [6.07, 6.45) is 12.0. The summed E-state index contributed by atoms with van der Waals surface area (Å²) >= 11 is 0. The van der Waals surface area contributed by atoms with Gasteiger partial charge in [0.1, 0.15) is 11.4 Å². The minimum atomic E-state index is -0.127. The molecule has 0 bridgehead atoms. The summed E-state index contributed by atoms with van der Waals surface area (Å²) in [5.74, 6) is 0.376. The van der Waals surface area contributed by atoms with Crippen LogP contribution in [-0.2, 0) is 17.1 Å². The predicted octanol–water partition coefficient (Wildman–Crippen LogP) is 5.80. The first kappa shape index (κ1) is 28.3. The van der Waals surface area contributed by atoms with E-state index in [-0.39, 0.29) is 28.6 Å². The van der Waals surface area contributed by atoms with Crippen molar-refractivity contribution < 1.29 is 26.7 Å². The quantitative estimate of drug-likeness (QED) is 0.430. The topological polar surface area (TPSA) is 94.7 Å². The Bertz CT molecular complexity index is 882. The van der Waals surface area contributed by atoms with Crippen LogP contribution in [0.15, 0.2) is 65.8 Å². The molecule has 6 heteroatoms. The maximum absolute atomic E-state index is 10.8. The number of pyridine rings is 1. The van der Waals surface area contributed by atoms with Gasteiger partial charge in [0.05, 0.1) is 0 Å². The van der Waals surface area contributed by atoms with Gasteiger partial charge in [0.25, 0.3) is 0 Å². The number of nitrogens with zero attached hydrogens (tertiary/aromatic N) is 1. The Morgan fingerprint density at radius 1 is 0.806 bits per heavy atom. The number of aromatic nitrogens is 1. The number of carbonyl (C=O) groups excluding carboxylic acids is 2. The maximum Gasteiger partial charge on any atom is 0.178 e. The molecule has 5 nitrogen and oxygen atoms in total. The van der Waals surface area contributed by atoms with Gasteiger partial charge >= 0.3 is 0 Å². The van der Waals surface area contributed by atoms with Gasteiger partial charge in [-0.25, -0.2) is 4.98 Å². The molecule has 0 saturated carbocycles. The van der Waals surface area contributed by atoms with Crippen LogP contribution in [0.25, 0.3) is 0 Å². The zero-order valence-corrected chi connectivity index (χ0v) is 20.1. The van der Waals surface area contributed by atoms with Crippen molar-refractivity contribution in [3.63, 3.8) is 0 Å². The van der Waals surface area contributed by atoms with E-state index in [2.05, 4.69) is 4.98 Å². The summed E-state index contributed by atoms with van der Waals surface area (Å²) in [6, 6.07) is 4.84. The fraction of sp³-hybridized carbons (Fsp3) is 0.320. The van der Waals surface area contributed by atoms with Crippen LogP contribution in [0.5, 0.6) is 0 Å². The molecule has 2 unspecified atom stereocenters. The molecule has 1 heterocycles. The zero-order chi connectivity index (χ0) is 22.8. The van der Waals surface area contributed by atoms with Crippen LogP contribution in [0.1, 0.15) is 62.5 Å². The third-order valence-corrected chi connectivity index (χ3v) is 4.72. The first-order chi connectivity index (χ1) is 14.0. The molecule has 0 saturated heterocycles. The minimum Gasteiger partial charge on any atom is -0.304 e. The Labute approximate surface area is 195 Å². The summed E-state index contributed by atoms with van der Waals surface area (Å²) in [5, 5.41) is 15.0. The third kappa shape index (κ3) is 9.33. The summed E-state index contributed by atoms with van der Waals surface area (Å²) in [5.41, 5.74) is 4.34. The van der Waals surface area contributed by atoms with E-state index in [0.717, 1.165) is 22.6 Å². The predicted molar refractivity (Wildman–Crippen MR) is 124 cm³/mol. The number of nitrogens with one attached hydrogen (secondary N) is 2. The second-order valence-electron chi connectivity index (χ2n) is 7.39. The molecule has 0 amide bonds. The van der Waals surface area contributed by atoms with Crippen molar-refractivity contribution in [3.05, 3.63) is 77.2 Å². The van der Waals surface area contributed by atoms with E-state index in [0.29, 0.717) is 23.2 Å². The van der Waals surface area contributed by atoms with E-state index < -0.39 is 0 Å². The fourth-order valence-electron chi connectivity index (χ4n) is 2.65. The molecule has 1 aromatic heterocycles. The average molecular weight is 461 g/mol. The monoisotopic (exact) mass is 461 g/mol. The molecule has 0 aliphatic heterocycles. The van der Waals surface area contributed by atoms with Gasteiger partial charge < -0.3 is 10.8 Å². The number of Topliss-reactive ketones (excluding diaryl/α,β-unsaturated/α-hetero) is 2. The summed E-state index contributed by atoms with van der Waals surface area (Å²) in [4.78, 5) is 25.6. The number of hydrogen-bond acceptors (Lipinski definition) is 5. The minimum absolute atomic E-state index is 0. The fourth-order valence-corrected chi connectivity index (χ4v) is 2.65. The standard InChI is InChI=1S/C9H9NO2.2C8H11N.Fe/c1-6(11)8-4-3-5-9(10-8)7(2)12;2*1-6-4-3-5-7(2)8(6)9;/h3-5H,1-2H3;2*3-6,9H,1-2H3;. The van der Waals surface area contributed by atoms with E-state index in [9.17, 15) is 9.59 Å². The maximum atomic E-state index is 10.8. The Kier molecular flexibility index (Phi) is 12.4. The molecule has 2 N–H and O–H groups in total. The number of ketones is 2. The van der Waals surface area contributed by atoms with Gasteiger partial charge in [-0.05, 0) is 37.1 Å². The van der Waals surface area contributed by atoms with E-state index in [4.69, 9.17) is 10.8 Å². The molecule has 0 spiro atoms. The average Bonchev–Trinajstić information content (AvgIpc) is 2.71. The molecule has 31 heavy (non-hydrogen) atoms. The van der Waals surface area contributed by atoms with Crippen molar-refractivity contribution in [1.29, 1.82) is 10.8 Å². The molecule has 2 aliphatic carbocycles. The van der Waals surface area contributed by atoms with Crippen LogP contribution in [0, 0.1) is 22.7 Å². The Balaban J connectivity index is 0.000000435. The molecular formula is C25H31FeN3O2. The van der Waals surface area contributed by atoms with Gasteiger partial charge in [-0.15, -0.1) is 0 Å². The summed E-state index contributed by atoms with van der Waals surface area (Å²) in [7, 11) is 0. The summed E-state index contributed by atoms with van der Waals surface area (Å²) < 4.78 is 0. The second kappa shape index (κ2) is 13.6. The smallest absolute Gasteiger partial charge is 0.178 e. The van der Waals surface area contributed by atoms with E-state index >= 15 is 0 Å². The largest absolute Gasteiger partial charge is 0.304 e. The normalized spacial score (nSPS) is 18.9. The third-order valence-electron chi connectivity index (χ3n) is 4.72. The van der Waals surface area contributed by atoms with Crippen molar-refractivity contribution in [3.8, 4) is 0 Å². The number of rotatable bonds is 2. The van der Waals surface area contributed by atoms with E-state index in [1.54, 1.807) is 18.2 Å². The van der Waals surface area contributed by atoms with Crippen molar-refractivity contribution in [2.75, 3.05) is 0 Å². The van der Waals surface area contributed by atoms with Crippen LogP contribution >= 0.6 is 0 Å². The number of allylic oxidation sites excluding steroid dienone is 8. The number of hydrogen-bond donors (Lipinski definition) is 2. The molecule has 2 aliphatic rings. The van der Waals surface area contributed by atoms with Crippen LogP contribution in [0.3, 0.4) is 0 Å². The van der Waals surface area contributed by atoms with Crippen LogP contribution < -0.4 is 0 Å². The van der Waals surface area contributed by atoms with E-state index in [1.165, 1.54) is 13.8 Å². The number of carbonyl (C=O) groups is 2. The van der Waals surface area contributed by atoms with Gasteiger partial charge in [-0.2, -0.15) is 0 Å². The van der Waals surface area contributed by atoms with Crippen LogP contribution in [0.2, 0.25) is 0 Å². The summed E-state index contributed by atoms with van der Waals surface area (Å²) in [6.45, 7) is 10.9. The molecule has 2 atom stereocenters. The van der Waals surface area contributed by atoms with Crippen LogP contribution in [-0.4, -0.2) is 28.0 Å². The van der Waals surface area contributed by atoms with Gasteiger partial charge in [-0.3, -0.25) is 9.59 Å². The van der Waals surface area contributed by atoms with Crippen molar-refractivity contribution in [2.45, 2.75) is 41.5 Å². The van der Waals surface area contributed by atoms with Crippen molar-refractivity contribution in [1.82, 2.24) is 4.98 Å². The first-order valence-electron chi connectivity index (χ1n) is 9.91. The second-order valence-corrected chi connectivity index (χ2v) is 7.39. The molecule has 3 rings (SSSR count). The molecule has 1 aromatic rings. The van der Waals surface area contributed by atoms with Gasteiger partial charge in [0.2, 0.25) is 0 Å². The van der Waals surface area contributed by atoms with Crippen molar-refractivity contribution in [2.24, 2.45) is 11.8 Å². The van der Waals surface area contributed by atoms with Gasteiger partial charge in [0, 0.05) is 54.2 Å². The Morgan fingerprint density at radius 3 is 1.42 bits per heavy atom. The van der Waals surface area contributed by atoms with Crippen LogP contribution in [0.4, 0.5) is 0 Å². The van der Waals surface area contributed by atoms with E-state index in [1.807, 2.05) is 64.2 Å². The molecule has 0 fully saturated rings.